The van der Waals surface area contributed by atoms with Crippen LogP contribution in [-0.2, 0) is 15.3 Å². The minimum absolute atomic E-state index is 0.00230. The van der Waals surface area contributed by atoms with Crippen LogP contribution in [0.2, 0.25) is 0 Å². The van der Waals surface area contributed by atoms with Crippen LogP contribution in [0.3, 0.4) is 0 Å². The maximum absolute atomic E-state index is 13.4. The number of aryl methyl sites for hydroxylation is 2. The largest absolute Gasteiger partial charge is 0.507 e. The molecule has 0 spiro atoms. The topological polar surface area (TPSA) is 83.4 Å². The van der Waals surface area contributed by atoms with E-state index in [-0.39, 0.29) is 22.3 Å². The predicted molar refractivity (Wildman–Crippen MR) is 151 cm³/mol. The molecule has 1 unspecified atom stereocenters. The monoisotopic (exact) mass is 609 g/mol. The second kappa shape index (κ2) is 10.8. The quantitative estimate of drug-likeness (QED) is 0.0835. The molecule has 5 rings (SSSR count). The molecule has 10 heteroatoms. The fourth-order valence-corrected chi connectivity index (χ4v) is 6.48. The summed E-state index contributed by atoms with van der Waals surface area (Å²) in [6.45, 7) is 3.74. The first-order valence-corrected chi connectivity index (χ1v) is 14.2. The number of halogens is 2. The summed E-state index contributed by atoms with van der Waals surface area (Å²) in [5.41, 5.74) is 3.74. The number of anilines is 1. The van der Waals surface area contributed by atoms with Gasteiger partial charge in [-0.3, -0.25) is 14.5 Å². The van der Waals surface area contributed by atoms with Crippen LogP contribution >= 0.6 is 39.0 Å². The molecule has 0 saturated carbocycles. The van der Waals surface area contributed by atoms with Crippen molar-refractivity contribution in [1.82, 2.24) is 10.2 Å². The van der Waals surface area contributed by atoms with Crippen LogP contribution < -0.4 is 4.90 Å². The van der Waals surface area contributed by atoms with E-state index in [1.807, 2.05) is 44.2 Å². The van der Waals surface area contributed by atoms with Crippen LogP contribution in [0.1, 0.15) is 33.9 Å². The van der Waals surface area contributed by atoms with E-state index in [9.17, 15) is 19.1 Å². The van der Waals surface area contributed by atoms with Gasteiger partial charge in [-0.05, 0) is 60.9 Å². The summed E-state index contributed by atoms with van der Waals surface area (Å²) in [6.07, 6.45) is 0. The number of carbonyl (C=O) groups is 2. The van der Waals surface area contributed by atoms with Crippen LogP contribution in [0.5, 0.6) is 0 Å². The number of thioether (sulfide) groups is 1. The van der Waals surface area contributed by atoms with E-state index in [0.29, 0.717) is 21.2 Å². The summed E-state index contributed by atoms with van der Waals surface area (Å²) in [6, 6.07) is 18.1. The minimum Gasteiger partial charge on any atom is -0.507 e. The molecule has 6 nitrogen and oxygen atoms in total. The van der Waals surface area contributed by atoms with Crippen molar-refractivity contribution in [2.45, 2.75) is 30.0 Å². The average Bonchev–Trinajstić information content (AvgIpc) is 3.47. The Balaban J connectivity index is 1.56. The number of hydrogen-bond donors (Lipinski definition) is 1. The molecule has 38 heavy (non-hydrogen) atoms. The van der Waals surface area contributed by atoms with Crippen LogP contribution in [0.4, 0.5) is 9.52 Å². The van der Waals surface area contributed by atoms with Gasteiger partial charge in [-0.25, -0.2) is 4.39 Å². The Kier molecular flexibility index (Phi) is 7.47. The molecule has 1 fully saturated rings. The van der Waals surface area contributed by atoms with E-state index in [1.54, 1.807) is 24.3 Å². The first-order chi connectivity index (χ1) is 18.2. The summed E-state index contributed by atoms with van der Waals surface area (Å²) >= 11 is 6.05. The van der Waals surface area contributed by atoms with E-state index in [1.165, 1.54) is 40.1 Å². The van der Waals surface area contributed by atoms with Crippen molar-refractivity contribution in [2.24, 2.45) is 0 Å². The van der Waals surface area contributed by atoms with Gasteiger partial charge in [0, 0.05) is 15.8 Å². The lowest BCUT2D eigenvalue weighted by Crippen LogP contribution is -2.29. The molecular formula is C28H21BrFN3O3S2. The van der Waals surface area contributed by atoms with Gasteiger partial charge in [0.25, 0.3) is 5.78 Å². The van der Waals surface area contributed by atoms with Crippen molar-refractivity contribution in [2.75, 3.05) is 4.90 Å². The van der Waals surface area contributed by atoms with Crippen molar-refractivity contribution in [3.8, 4) is 0 Å². The molecule has 1 aromatic heterocycles. The fourth-order valence-electron chi connectivity index (χ4n) is 4.24. The van der Waals surface area contributed by atoms with Gasteiger partial charge >= 0.3 is 5.91 Å². The van der Waals surface area contributed by atoms with Crippen molar-refractivity contribution in [3.05, 3.63) is 110 Å². The van der Waals surface area contributed by atoms with Crippen LogP contribution in [0.25, 0.3) is 5.76 Å². The summed E-state index contributed by atoms with van der Waals surface area (Å²) in [5.74, 6) is -1.57. The van der Waals surface area contributed by atoms with E-state index < -0.39 is 17.7 Å². The van der Waals surface area contributed by atoms with Gasteiger partial charge in [-0.15, -0.1) is 10.2 Å². The van der Waals surface area contributed by atoms with Gasteiger partial charge < -0.3 is 5.11 Å². The number of rotatable bonds is 6. The molecule has 1 N–H and O–H groups in total. The maximum atomic E-state index is 13.4. The summed E-state index contributed by atoms with van der Waals surface area (Å²) in [4.78, 5) is 28.1. The van der Waals surface area contributed by atoms with Crippen LogP contribution in [0.15, 0.2) is 81.1 Å². The molecule has 0 bridgehead atoms. The van der Waals surface area contributed by atoms with E-state index >= 15 is 0 Å². The number of carbonyl (C=O) groups excluding carboxylic acids is 2. The smallest absolute Gasteiger partial charge is 0.301 e. The van der Waals surface area contributed by atoms with E-state index in [2.05, 4.69) is 26.1 Å². The van der Waals surface area contributed by atoms with Crippen LogP contribution in [0, 0.1) is 19.7 Å². The highest BCUT2D eigenvalue weighted by atomic mass is 79.9. The second-order valence-electron chi connectivity index (χ2n) is 8.81. The van der Waals surface area contributed by atoms with E-state index in [0.717, 1.165) is 21.2 Å². The number of amides is 1. The third-order valence-corrected chi connectivity index (χ3v) is 8.75. The fraction of sp³-hybridized carbons (Fsp3) is 0.143. The Morgan fingerprint density at radius 2 is 1.84 bits per heavy atom. The summed E-state index contributed by atoms with van der Waals surface area (Å²) in [7, 11) is 0. The molecule has 2 heterocycles. The summed E-state index contributed by atoms with van der Waals surface area (Å²) < 4.78 is 14.6. The van der Waals surface area contributed by atoms with Crippen LogP contribution in [-0.4, -0.2) is 27.0 Å². The molecule has 3 aromatic carbocycles. The standard InChI is InChI=1S/C28H21BrFN3O3S2/c1-15-6-7-16(2)21(12-15)24(34)22-23(18-4-3-5-19(29)13-18)33(26(36)25(22)35)27-31-32-28(38-27)37-14-17-8-10-20(30)11-9-17/h3-13,23,34H,14H2,1-2H3/b24-22+. The third kappa shape index (κ3) is 5.16. The predicted octanol–water partition coefficient (Wildman–Crippen LogP) is 6.98. The molecular weight excluding hydrogens is 589 g/mol. The maximum Gasteiger partial charge on any atom is 0.301 e. The third-order valence-electron chi connectivity index (χ3n) is 6.13. The second-order valence-corrected chi connectivity index (χ2v) is 11.9. The lowest BCUT2D eigenvalue weighted by Gasteiger charge is -2.23. The highest BCUT2D eigenvalue weighted by Gasteiger charge is 2.48. The normalized spacial score (nSPS) is 16.8. The number of aliphatic hydroxyl groups excluding tert-OH is 1. The first-order valence-electron chi connectivity index (χ1n) is 11.6. The molecule has 1 saturated heterocycles. The lowest BCUT2D eigenvalue weighted by atomic mass is 9.93. The van der Waals surface area contributed by atoms with Gasteiger partial charge in [0.05, 0.1) is 11.6 Å². The molecule has 1 amide bonds. The van der Waals surface area contributed by atoms with Gasteiger partial charge in [0.1, 0.15) is 11.6 Å². The van der Waals surface area contributed by atoms with Crippen molar-refractivity contribution in [3.63, 3.8) is 0 Å². The SMILES string of the molecule is Cc1ccc(C)c(/C(O)=C2\C(=O)C(=O)N(c3nnc(SCc4ccc(F)cc4)s3)C2c2cccc(Br)c2)c1. The number of aromatic nitrogens is 2. The first kappa shape index (κ1) is 26.3. The number of ketones is 1. The zero-order valence-electron chi connectivity index (χ0n) is 20.3. The molecule has 192 valence electrons. The molecule has 0 radical (unpaired) electrons. The van der Waals surface area contributed by atoms with Gasteiger partial charge in [0.15, 0.2) is 4.34 Å². The molecule has 1 aliphatic rings. The number of aliphatic hydroxyl groups is 1. The van der Waals surface area contributed by atoms with Gasteiger partial charge in [0.2, 0.25) is 5.13 Å². The Labute approximate surface area is 235 Å². The van der Waals surface area contributed by atoms with E-state index in [4.69, 9.17) is 0 Å². The molecule has 0 aliphatic carbocycles. The van der Waals surface area contributed by atoms with Crippen molar-refractivity contribution >= 4 is 61.6 Å². The number of nitrogens with zero attached hydrogens (tertiary/aromatic N) is 3. The molecule has 1 atom stereocenters. The molecule has 1 aliphatic heterocycles. The zero-order valence-corrected chi connectivity index (χ0v) is 23.5. The van der Waals surface area contributed by atoms with Crippen molar-refractivity contribution < 1.29 is 19.1 Å². The number of benzene rings is 3. The van der Waals surface area contributed by atoms with Gasteiger partial charge in [-0.1, -0.05) is 81.0 Å². The summed E-state index contributed by atoms with van der Waals surface area (Å²) in [5, 5.41) is 20.1. The average molecular weight is 611 g/mol. The van der Waals surface area contributed by atoms with Gasteiger partial charge in [-0.2, -0.15) is 0 Å². The van der Waals surface area contributed by atoms with Crippen molar-refractivity contribution in [1.29, 1.82) is 0 Å². The highest BCUT2D eigenvalue weighted by molar-refractivity contribution is 9.10. The lowest BCUT2D eigenvalue weighted by molar-refractivity contribution is -0.132. The number of hydrogen-bond acceptors (Lipinski definition) is 7. The Morgan fingerprint density at radius 1 is 1.08 bits per heavy atom. The highest BCUT2D eigenvalue weighted by Crippen LogP contribution is 2.44. The zero-order chi connectivity index (χ0) is 27.0. The Morgan fingerprint density at radius 3 is 2.58 bits per heavy atom. The Hall–Kier alpha value is -3.34. The minimum atomic E-state index is -0.893. The Bertz CT molecular complexity index is 1590. The number of Topliss-reactive ketones (excluding diaryl/α,β-unsaturated/α-hetero) is 1. The molecule has 4 aromatic rings.